The third kappa shape index (κ3) is 5.65. The maximum Gasteiger partial charge on any atom is 0.191 e. The molecule has 0 radical (unpaired) electrons. The first-order chi connectivity index (χ1) is 14.0. The number of nitrogens with zero attached hydrogens (tertiary/aromatic N) is 1. The van der Waals surface area contributed by atoms with Gasteiger partial charge in [0.15, 0.2) is 5.96 Å². The van der Waals surface area contributed by atoms with E-state index in [4.69, 9.17) is 9.47 Å². The third-order valence-corrected chi connectivity index (χ3v) is 7.41. The zero-order chi connectivity index (χ0) is 20.8. The van der Waals surface area contributed by atoms with E-state index < -0.39 is 10.8 Å². The normalized spacial score (nSPS) is 25.1. The molecule has 1 heterocycles. The fraction of sp³-hybridized carbons (Fsp3) is 0.682. The zero-order valence-corrected chi connectivity index (χ0v) is 18.9. The van der Waals surface area contributed by atoms with Crippen LogP contribution in [0.3, 0.4) is 0 Å². The molecule has 1 fully saturated rings. The highest BCUT2D eigenvalue weighted by atomic mass is 32.2. The summed E-state index contributed by atoms with van der Waals surface area (Å²) in [5, 5.41) is 7.24. The Morgan fingerprint density at radius 1 is 1.34 bits per heavy atom. The molecule has 4 atom stereocenters. The summed E-state index contributed by atoms with van der Waals surface area (Å²) >= 11 is 0. The Labute approximate surface area is 177 Å². The molecule has 0 spiro atoms. The Morgan fingerprint density at radius 3 is 2.90 bits per heavy atom. The number of aliphatic imine (C=N–C) groups is 1. The first-order valence-electron chi connectivity index (χ1n) is 10.8. The molecule has 2 N–H and O–H groups in total. The van der Waals surface area contributed by atoms with Crippen molar-refractivity contribution < 1.29 is 13.7 Å². The summed E-state index contributed by atoms with van der Waals surface area (Å²) in [4.78, 5) is 4.39. The lowest BCUT2D eigenvalue weighted by Gasteiger charge is -2.30. The van der Waals surface area contributed by atoms with E-state index in [0.29, 0.717) is 24.4 Å². The standard InChI is InChI=1S/C22H35N3O3S/c1-5-27-20-11-16-10-15(3)28-21(16)12-17(20)14-24-22(23-4)25-18-8-7-9-19(13-18)29(26)6-2/h11-12,15,18-19H,5-10,13-14H2,1-4H3,(H2,23,24,25). The van der Waals surface area contributed by atoms with Crippen LogP contribution in [0.5, 0.6) is 11.5 Å². The Hall–Kier alpha value is -1.76. The van der Waals surface area contributed by atoms with Gasteiger partial charge in [0, 0.05) is 59.0 Å². The second-order valence-electron chi connectivity index (χ2n) is 7.86. The number of fused-ring (bicyclic) bond motifs is 1. The Bertz CT molecular complexity index is 753. The molecule has 2 aliphatic rings. The number of hydrogen-bond acceptors (Lipinski definition) is 4. The van der Waals surface area contributed by atoms with Crippen LogP contribution >= 0.6 is 0 Å². The molecule has 1 aromatic rings. The molecule has 162 valence electrons. The first-order valence-corrected chi connectivity index (χ1v) is 12.2. The van der Waals surface area contributed by atoms with Crippen molar-refractivity contribution in [2.45, 2.75) is 76.8 Å². The minimum absolute atomic E-state index is 0.213. The summed E-state index contributed by atoms with van der Waals surface area (Å²) in [6.07, 6.45) is 5.34. The van der Waals surface area contributed by atoms with Crippen molar-refractivity contribution in [3.63, 3.8) is 0 Å². The molecule has 1 aliphatic heterocycles. The first kappa shape index (κ1) is 21.9. The van der Waals surface area contributed by atoms with Gasteiger partial charge in [-0.05, 0) is 45.2 Å². The summed E-state index contributed by atoms with van der Waals surface area (Å²) in [7, 11) is 1.06. The van der Waals surface area contributed by atoms with Crippen LogP contribution in [0.1, 0.15) is 57.6 Å². The molecule has 6 nitrogen and oxygen atoms in total. The van der Waals surface area contributed by atoms with Crippen molar-refractivity contribution in [3.05, 3.63) is 23.3 Å². The molecule has 4 unspecified atom stereocenters. The predicted molar refractivity (Wildman–Crippen MR) is 119 cm³/mol. The van der Waals surface area contributed by atoms with E-state index in [-0.39, 0.29) is 6.10 Å². The molecule has 0 bridgehead atoms. The van der Waals surface area contributed by atoms with Crippen molar-refractivity contribution in [1.29, 1.82) is 0 Å². The monoisotopic (exact) mass is 421 g/mol. The number of benzene rings is 1. The molecule has 1 aromatic carbocycles. The Balaban J connectivity index is 1.62. The van der Waals surface area contributed by atoms with Gasteiger partial charge in [-0.3, -0.25) is 9.20 Å². The van der Waals surface area contributed by atoms with E-state index >= 15 is 0 Å². The van der Waals surface area contributed by atoms with Crippen LogP contribution in [0, 0.1) is 0 Å². The molecule has 0 amide bonds. The van der Waals surface area contributed by atoms with Gasteiger partial charge in [0.25, 0.3) is 0 Å². The molecule has 0 saturated heterocycles. The summed E-state index contributed by atoms with van der Waals surface area (Å²) in [6, 6.07) is 4.51. The maximum atomic E-state index is 12.2. The second kappa shape index (κ2) is 10.3. The quantitative estimate of drug-likeness (QED) is 0.523. The van der Waals surface area contributed by atoms with Gasteiger partial charge in [-0.2, -0.15) is 0 Å². The Kier molecular flexibility index (Phi) is 7.81. The van der Waals surface area contributed by atoms with Crippen LogP contribution in [-0.2, 0) is 23.8 Å². The van der Waals surface area contributed by atoms with E-state index in [0.717, 1.165) is 60.9 Å². The highest BCUT2D eigenvalue weighted by Crippen LogP contribution is 2.35. The van der Waals surface area contributed by atoms with Crippen molar-refractivity contribution in [1.82, 2.24) is 10.6 Å². The highest BCUT2D eigenvalue weighted by Gasteiger charge is 2.26. The molecule has 3 rings (SSSR count). The van der Waals surface area contributed by atoms with Crippen molar-refractivity contribution in [2.75, 3.05) is 19.4 Å². The van der Waals surface area contributed by atoms with E-state index in [1.165, 1.54) is 5.56 Å². The van der Waals surface area contributed by atoms with Crippen LogP contribution in [0.2, 0.25) is 0 Å². The van der Waals surface area contributed by atoms with Gasteiger partial charge in [0.05, 0.1) is 6.61 Å². The lowest BCUT2D eigenvalue weighted by Crippen LogP contribution is -2.46. The van der Waals surface area contributed by atoms with Gasteiger partial charge in [-0.1, -0.05) is 13.3 Å². The van der Waals surface area contributed by atoms with Crippen LogP contribution in [0.25, 0.3) is 0 Å². The molecule has 7 heteroatoms. The van der Waals surface area contributed by atoms with Gasteiger partial charge in [-0.25, -0.2) is 0 Å². The summed E-state index contributed by atoms with van der Waals surface area (Å²) in [5.74, 6) is 3.37. The van der Waals surface area contributed by atoms with E-state index in [2.05, 4.69) is 34.7 Å². The van der Waals surface area contributed by atoms with E-state index in [1.807, 2.05) is 13.8 Å². The van der Waals surface area contributed by atoms with E-state index in [9.17, 15) is 4.21 Å². The van der Waals surface area contributed by atoms with Crippen molar-refractivity contribution in [3.8, 4) is 11.5 Å². The van der Waals surface area contributed by atoms with Crippen LogP contribution in [0.15, 0.2) is 17.1 Å². The van der Waals surface area contributed by atoms with E-state index in [1.54, 1.807) is 7.05 Å². The van der Waals surface area contributed by atoms with Gasteiger partial charge in [0.1, 0.15) is 17.6 Å². The zero-order valence-electron chi connectivity index (χ0n) is 18.1. The largest absolute Gasteiger partial charge is 0.494 e. The molecular weight excluding hydrogens is 386 g/mol. The highest BCUT2D eigenvalue weighted by molar-refractivity contribution is 7.85. The number of guanidine groups is 1. The average molecular weight is 422 g/mol. The molecule has 1 saturated carbocycles. The van der Waals surface area contributed by atoms with Gasteiger partial charge >= 0.3 is 0 Å². The summed E-state index contributed by atoms with van der Waals surface area (Å²) in [5.41, 5.74) is 2.28. The predicted octanol–water partition coefficient (Wildman–Crippen LogP) is 3.15. The van der Waals surface area contributed by atoms with Crippen LogP contribution in [0.4, 0.5) is 0 Å². The fourth-order valence-corrected chi connectivity index (χ4v) is 5.57. The molecule has 1 aliphatic carbocycles. The Morgan fingerprint density at radius 2 is 2.17 bits per heavy atom. The van der Waals surface area contributed by atoms with Gasteiger partial charge < -0.3 is 20.1 Å². The third-order valence-electron chi connectivity index (χ3n) is 5.67. The SMILES string of the molecule is CCOc1cc2c(cc1CNC(=NC)NC1CCCC(S(=O)CC)C1)OC(C)C2. The van der Waals surface area contributed by atoms with Crippen LogP contribution < -0.4 is 20.1 Å². The minimum atomic E-state index is -0.724. The fourth-order valence-electron chi connectivity index (χ4n) is 4.23. The molecular formula is C22H35N3O3S. The topological polar surface area (TPSA) is 72.0 Å². The van der Waals surface area contributed by atoms with Gasteiger partial charge in [0.2, 0.25) is 0 Å². The lowest BCUT2D eigenvalue weighted by molar-refractivity contribution is 0.254. The van der Waals surface area contributed by atoms with Crippen molar-refractivity contribution in [2.24, 2.45) is 4.99 Å². The molecule has 0 aromatic heterocycles. The molecule has 29 heavy (non-hydrogen) atoms. The number of rotatable bonds is 7. The second-order valence-corrected chi connectivity index (χ2v) is 9.86. The van der Waals surface area contributed by atoms with Crippen LogP contribution in [-0.4, -0.2) is 47.0 Å². The summed E-state index contributed by atoms with van der Waals surface area (Å²) in [6.45, 7) is 7.34. The number of hydrogen-bond donors (Lipinski definition) is 2. The smallest absolute Gasteiger partial charge is 0.191 e. The maximum absolute atomic E-state index is 12.2. The van der Waals surface area contributed by atoms with Gasteiger partial charge in [-0.15, -0.1) is 0 Å². The lowest BCUT2D eigenvalue weighted by atomic mass is 9.95. The summed E-state index contributed by atoms with van der Waals surface area (Å²) < 4.78 is 24.0. The number of nitrogens with one attached hydrogen (secondary N) is 2. The minimum Gasteiger partial charge on any atom is -0.494 e. The average Bonchev–Trinajstić information content (AvgIpc) is 3.09. The number of ether oxygens (including phenoxy) is 2. The van der Waals surface area contributed by atoms with Crippen molar-refractivity contribution >= 4 is 16.8 Å².